The number of benzene rings is 1. The SMILES string of the molecule is CCOC(=O)C(C#N)c1ccc([N+](=O)[O-])c2c1no[n+]2[O-].[Na]. The number of nitro benzene ring substituents is 1. The molecule has 11 heteroatoms. The smallest absolute Gasteiger partial charge is 0.328 e. The predicted octanol–water partition coefficient (Wildman–Crippen LogP) is 0.159. The molecular weight excluding hydrogens is 307 g/mol. The molecule has 1 aromatic carbocycles. The Labute approximate surface area is 145 Å². The van der Waals surface area contributed by atoms with Gasteiger partial charge in [0.25, 0.3) is 5.52 Å². The number of aromatic nitrogens is 2. The van der Waals surface area contributed by atoms with E-state index >= 15 is 0 Å². The molecule has 0 aliphatic heterocycles. The first-order chi connectivity index (χ1) is 10.0. The summed E-state index contributed by atoms with van der Waals surface area (Å²) in [5.41, 5.74) is -1.21. The molecule has 1 radical (unpaired) electrons. The summed E-state index contributed by atoms with van der Waals surface area (Å²) in [5.74, 6) is -2.20. The zero-order chi connectivity index (χ0) is 15.6. The summed E-state index contributed by atoms with van der Waals surface area (Å²) in [6.45, 7) is 1.63. The van der Waals surface area contributed by atoms with Crippen LogP contribution in [-0.4, -0.2) is 52.2 Å². The molecule has 10 nitrogen and oxygen atoms in total. The molecule has 0 saturated heterocycles. The largest absolute Gasteiger partial charge is 0.465 e. The third-order valence-corrected chi connectivity index (χ3v) is 2.71. The second kappa shape index (κ2) is 7.17. The van der Waals surface area contributed by atoms with Crippen molar-refractivity contribution < 1.29 is 24.0 Å². The summed E-state index contributed by atoms with van der Waals surface area (Å²) in [6, 6.07) is 3.90. The second-order valence-electron chi connectivity index (χ2n) is 3.87. The fraction of sp³-hybridized carbons (Fsp3) is 0.273. The van der Waals surface area contributed by atoms with E-state index in [1.54, 1.807) is 13.0 Å². The van der Waals surface area contributed by atoms with Crippen molar-refractivity contribution in [2.24, 2.45) is 0 Å². The van der Waals surface area contributed by atoms with E-state index in [0.29, 0.717) is 0 Å². The maximum atomic E-state index is 11.7. The molecule has 1 unspecified atom stereocenters. The van der Waals surface area contributed by atoms with Gasteiger partial charge in [-0.3, -0.25) is 19.5 Å². The van der Waals surface area contributed by atoms with Crippen molar-refractivity contribution in [3.63, 3.8) is 0 Å². The molecule has 0 fully saturated rings. The van der Waals surface area contributed by atoms with Crippen molar-refractivity contribution in [2.75, 3.05) is 6.61 Å². The molecule has 0 N–H and O–H groups in total. The van der Waals surface area contributed by atoms with Gasteiger partial charge < -0.3 is 9.94 Å². The summed E-state index contributed by atoms with van der Waals surface area (Å²) in [6.07, 6.45) is 0. The predicted molar refractivity (Wildman–Crippen MR) is 70.4 cm³/mol. The van der Waals surface area contributed by atoms with Gasteiger partial charge in [0.05, 0.1) is 17.6 Å². The number of nitrogens with zero attached hydrogens (tertiary/aromatic N) is 4. The number of fused-ring (bicyclic) bond motifs is 1. The van der Waals surface area contributed by atoms with Gasteiger partial charge in [-0.1, -0.05) is 0 Å². The molecule has 0 aliphatic carbocycles. The molecule has 0 amide bonds. The fourth-order valence-corrected chi connectivity index (χ4v) is 1.83. The summed E-state index contributed by atoms with van der Waals surface area (Å²) in [4.78, 5) is 21.7. The molecule has 2 rings (SSSR count). The van der Waals surface area contributed by atoms with E-state index in [1.807, 2.05) is 0 Å². The second-order valence-corrected chi connectivity index (χ2v) is 3.87. The third-order valence-electron chi connectivity index (χ3n) is 2.71. The van der Waals surface area contributed by atoms with Crippen LogP contribution in [0.15, 0.2) is 16.8 Å². The van der Waals surface area contributed by atoms with Gasteiger partial charge in [-0.25, -0.2) is 0 Å². The molecular formula is C11H8N4NaO6. The van der Waals surface area contributed by atoms with E-state index < -0.39 is 28.0 Å². The third kappa shape index (κ3) is 3.01. The van der Waals surface area contributed by atoms with Gasteiger partial charge in [0, 0.05) is 46.3 Å². The zero-order valence-corrected chi connectivity index (χ0v) is 13.7. The number of non-ortho nitro benzene ring substituents is 1. The molecule has 0 spiro atoms. The standard InChI is InChI=1S/C11H8N4O6.Na/c1-2-20-11(16)7(5-12)6-3-4-8(14(17)18)10-9(6)13-21-15(10)19;/h3-4,7H,2H2,1H3;. The van der Waals surface area contributed by atoms with Crippen molar-refractivity contribution in [1.29, 1.82) is 5.26 Å². The molecule has 1 aromatic heterocycles. The Morgan fingerprint density at radius 1 is 1.64 bits per heavy atom. The van der Waals surface area contributed by atoms with Gasteiger partial charge in [-0.15, -0.1) is 0 Å². The Kier molecular flexibility index (Phi) is 5.81. The molecule has 1 heterocycles. The van der Waals surface area contributed by atoms with Crippen LogP contribution in [0.5, 0.6) is 0 Å². The van der Waals surface area contributed by atoms with Crippen LogP contribution in [0.25, 0.3) is 11.0 Å². The van der Waals surface area contributed by atoms with E-state index in [1.165, 1.54) is 6.07 Å². The number of hydrogen-bond acceptors (Lipinski definition) is 8. The first kappa shape index (κ1) is 17.8. The number of esters is 1. The molecule has 22 heavy (non-hydrogen) atoms. The van der Waals surface area contributed by atoms with Crippen molar-refractivity contribution in [3.8, 4) is 6.07 Å². The number of nitro groups is 1. The van der Waals surface area contributed by atoms with Crippen molar-refractivity contribution >= 4 is 52.2 Å². The topological polar surface area (TPSA) is 146 Å². The van der Waals surface area contributed by atoms with Gasteiger partial charge in [0.15, 0.2) is 5.92 Å². The summed E-state index contributed by atoms with van der Waals surface area (Å²) >= 11 is 0. The van der Waals surface area contributed by atoms with Crippen LogP contribution < -0.4 is 4.90 Å². The number of hydrogen-bond donors (Lipinski definition) is 0. The quantitative estimate of drug-likeness (QED) is 0.255. The Morgan fingerprint density at radius 3 is 2.86 bits per heavy atom. The number of carbonyl (C=O) groups is 1. The first-order valence-electron chi connectivity index (χ1n) is 5.74. The minimum absolute atomic E-state index is 0. The summed E-state index contributed by atoms with van der Waals surface area (Å²) in [7, 11) is 0. The van der Waals surface area contributed by atoms with E-state index in [0.717, 1.165) is 6.07 Å². The zero-order valence-electron chi connectivity index (χ0n) is 11.7. The van der Waals surface area contributed by atoms with E-state index in [2.05, 4.69) is 9.79 Å². The van der Waals surface area contributed by atoms with Crippen LogP contribution in [0, 0.1) is 26.7 Å². The van der Waals surface area contributed by atoms with Gasteiger partial charge in [-0.2, -0.15) is 5.26 Å². The Bertz CT molecular complexity index is 768. The maximum Gasteiger partial charge on any atom is 0.328 e. The normalized spacial score (nSPS) is 11.3. The average molecular weight is 315 g/mol. The van der Waals surface area contributed by atoms with Crippen LogP contribution in [0.1, 0.15) is 18.4 Å². The van der Waals surface area contributed by atoms with Crippen LogP contribution in [-0.2, 0) is 9.53 Å². The van der Waals surface area contributed by atoms with Crippen LogP contribution >= 0.6 is 0 Å². The Hall–Kier alpha value is -2.22. The van der Waals surface area contributed by atoms with Crippen molar-refractivity contribution in [3.05, 3.63) is 33.0 Å². The van der Waals surface area contributed by atoms with E-state index in [9.17, 15) is 20.1 Å². The van der Waals surface area contributed by atoms with E-state index in [4.69, 9.17) is 10.00 Å². The minimum atomic E-state index is -1.36. The van der Waals surface area contributed by atoms with E-state index in [-0.39, 0.29) is 52.1 Å². The van der Waals surface area contributed by atoms with Gasteiger partial charge >= 0.3 is 17.2 Å². The minimum Gasteiger partial charge on any atom is -0.465 e. The van der Waals surface area contributed by atoms with Gasteiger partial charge in [0.1, 0.15) is 0 Å². The molecule has 1 atom stereocenters. The number of nitriles is 1. The van der Waals surface area contributed by atoms with Crippen molar-refractivity contribution in [2.45, 2.75) is 12.8 Å². The molecule has 109 valence electrons. The van der Waals surface area contributed by atoms with Crippen LogP contribution in [0.3, 0.4) is 0 Å². The summed E-state index contributed by atoms with van der Waals surface area (Å²) < 4.78 is 9.07. The number of rotatable bonds is 4. The molecule has 2 aromatic rings. The molecule has 0 bridgehead atoms. The van der Waals surface area contributed by atoms with Crippen LogP contribution in [0.2, 0.25) is 0 Å². The monoisotopic (exact) mass is 315 g/mol. The van der Waals surface area contributed by atoms with Gasteiger partial charge in [0.2, 0.25) is 0 Å². The van der Waals surface area contributed by atoms with Gasteiger partial charge in [-0.05, 0) is 17.9 Å². The Balaban J connectivity index is 0.00000242. The molecule has 0 saturated carbocycles. The maximum absolute atomic E-state index is 11.7. The summed E-state index contributed by atoms with van der Waals surface area (Å²) in [5, 5.41) is 34.8. The van der Waals surface area contributed by atoms with Crippen LogP contribution in [0.4, 0.5) is 5.69 Å². The number of carbonyl (C=O) groups excluding carboxylic acids is 1. The molecule has 0 aliphatic rings. The first-order valence-corrected chi connectivity index (χ1v) is 5.74. The Morgan fingerprint density at radius 2 is 2.32 bits per heavy atom. The number of ether oxygens (including phenoxy) is 1. The average Bonchev–Trinajstić information content (AvgIpc) is 2.82. The fourth-order valence-electron chi connectivity index (χ4n) is 1.83. The van der Waals surface area contributed by atoms with Crippen molar-refractivity contribution in [1.82, 2.24) is 5.16 Å².